The summed E-state index contributed by atoms with van der Waals surface area (Å²) in [7, 11) is 1.90. The van der Waals surface area contributed by atoms with E-state index in [1.807, 2.05) is 61.9 Å². The summed E-state index contributed by atoms with van der Waals surface area (Å²) in [5, 5.41) is 0.657. The molecule has 7 heteroatoms. The Morgan fingerprint density at radius 3 is 2.21 bits per heavy atom. The van der Waals surface area contributed by atoms with E-state index in [2.05, 4.69) is 4.72 Å². The molecule has 0 bridgehead atoms. The van der Waals surface area contributed by atoms with Crippen molar-refractivity contribution in [2.24, 2.45) is 7.05 Å². The van der Waals surface area contributed by atoms with Crippen LogP contribution in [0.2, 0.25) is 5.02 Å². The lowest BCUT2D eigenvalue weighted by atomic mass is 9.97. The first-order chi connectivity index (χ1) is 13.3. The van der Waals surface area contributed by atoms with Crippen LogP contribution in [0.1, 0.15) is 29.4 Å². The number of carbonyl (C=O) groups is 1. The summed E-state index contributed by atoms with van der Waals surface area (Å²) in [6, 6.07) is 14.7. The molecule has 28 heavy (non-hydrogen) atoms. The highest BCUT2D eigenvalue weighted by Gasteiger charge is 2.24. The number of benzene rings is 2. The molecule has 1 aromatic heterocycles. The average Bonchev–Trinajstić information content (AvgIpc) is 2.92. The number of nitrogens with one attached hydrogen (secondary N) is 1. The Bertz CT molecular complexity index is 1040. The van der Waals surface area contributed by atoms with Gasteiger partial charge in [0, 0.05) is 29.7 Å². The van der Waals surface area contributed by atoms with Crippen molar-refractivity contribution in [3.8, 4) is 22.4 Å². The molecular weight excluding hydrogens is 396 g/mol. The molecule has 0 aliphatic heterocycles. The van der Waals surface area contributed by atoms with Crippen LogP contribution in [0.15, 0.2) is 48.5 Å². The average molecular weight is 417 g/mol. The fourth-order valence-electron chi connectivity index (χ4n) is 3.50. The Kier molecular flexibility index (Phi) is 6.03. The molecule has 146 valence electrons. The molecule has 3 rings (SSSR count). The molecule has 1 atom stereocenters. The fourth-order valence-corrected chi connectivity index (χ4v) is 3.96. The highest BCUT2D eigenvalue weighted by atomic mass is 35.5. The van der Waals surface area contributed by atoms with Gasteiger partial charge in [-0.25, -0.2) is 4.21 Å². The lowest BCUT2D eigenvalue weighted by molar-refractivity contribution is 0.0981. The predicted molar refractivity (Wildman–Crippen MR) is 115 cm³/mol. The van der Waals surface area contributed by atoms with E-state index in [0.29, 0.717) is 22.8 Å². The van der Waals surface area contributed by atoms with E-state index >= 15 is 0 Å². The number of aromatic nitrogens is 1. The molecule has 5 nitrogen and oxygen atoms in total. The molecule has 0 spiro atoms. The van der Waals surface area contributed by atoms with Gasteiger partial charge in [-0.05, 0) is 47.9 Å². The molecule has 1 unspecified atom stereocenters. The van der Waals surface area contributed by atoms with Crippen molar-refractivity contribution in [3.05, 3.63) is 64.8 Å². The van der Waals surface area contributed by atoms with E-state index in [0.717, 1.165) is 27.9 Å². The third-order valence-corrected chi connectivity index (χ3v) is 5.38. The molecule has 2 N–H and O–H groups in total. The van der Waals surface area contributed by atoms with Gasteiger partial charge in [0.05, 0.1) is 11.4 Å². The normalized spacial score (nSPS) is 12.0. The van der Waals surface area contributed by atoms with Crippen molar-refractivity contribution in [1.82, 2.24) is 4.57 Å². The van der Waals surface area contributed by atoms with Crippen LogP contribution in [-0.4, -0.2) is 19.1 Å². The van der Waals surface area contributed by atoms with Gasteiger partial charge in [-0.3, -0.25) is 14.1 Å². The topological polar surface area (TPSA) is 71.3 Å². The van der Waals surface area contributed by atoms with Crippen molar-refractivity contribution in [2.75, 3.05) is 4.72 Å². The third-order valence-electron chi connectivity index (χ3n) is 4.72. The minimum atomic E-state index is -2.13. The largest absolute Gasteiger partial charge is 0.340 e. The Morgan fingerprint density at radius 2 is 1.68 bits per heavy atom. The van der Waals surface area contributed by atoms with E-state index in [1.54, 1.807) is 12.1 Å². The zero-order chi connectivity index (χ0) is 20.4. The first-order valence-corrected chi connectivity index (χ1v) is 10.3. The number of hydrogen-bond acceptors (Lipinski definition) is 2. The summed E-state index contributed by atoms with van der Waals surface area (Å²) in [6.45, 7) is 3.85. The van der Waals surface area contributed by atoms with Gasteiger partial charge in [-0.1, -0.05) is 42.8 Å². The van der Waals surface area contributed by atoms with Gasteiger partial charge in [0.25, 0.3) is 11.3 Å². The number of anilines is 1. The highest BCUT2D eigenvalue weighted by molar-refractivity contribution is 7.80. The van der Waals surface area contributed by atoms with Crippen LogP contribution in [0.25, 0.3) is 22.4 Å². The first-order valence-electron chi connectivity index (χ1n) is 8.79. The SMILES string of the molecule is CCC(=O)c1c(-c2ccc(NS(=O)O)cc2)c(C)c(-c2ccc(Cl)cc2)n1C. The maximum absolute atomic E-state index is 12.8. The molecule has 0 fully saturated rings. The van der Waals surface area contributed by atoms with E-state index in [9.17, 15) is 9.00 Å². The Labute approximate surface area is 171 Å². The van der Waals surface area contributed by atoms with Crippen LogP contribution >= 0.6 is 11.6 Å². The van der Waals surface area contributed by atoms with Crippen LogP contribution in [-0.2, 0) is 18.3 Å². The van der Waals surface area contributed by atoms with Gasteiger partial charge in [0.1, 0.15) is 0 Å². The van der Waals surface area contributed by atoms with E-state index in [4.69, 9.17) is 16.2 Å². The smallest absolute Gasteiger partial charge is 0.259 e. The standard InChI is InChI=1S/C21H21ClN2O3S/c1-4-18(25)21-19(14-7-11-17(12-8-14)23-28(26)27)13(2)20(24(21)3)15-5-9-16(22)10-6-15/h5-12,23H,4H2,1-3H3,(H,26,27). The minimum absolute atomic E-state index is 0.0551. The molecule has 1 heterocycles. The molecule has 0 saturated carbocycles. The monoisotopic (exact) mass is 416 g/mol. The summed E-state index contributed by atoms with van der Waals surface area (Å²) in [6.07, 6.45) is 0.396. The Hall–Kier alpha value is -2.41. The lowest BCUT2D eigenvalue weighted by Crippen LogP contribution is -2.07. The van der Waals surface area contributed by atoms with Crippen LogP contribution in [0.3, 0.4) is 0 Å². The third kappa shape index (κ3) is 3.90. The molecule has 3 aromatic rings. The summed E-state index contributed by atoms with van der Waals surface area (Å²) >= 11 is 3.90. The van der Waals surface area contributed by atoms with E-state index < -0.39 is 11.3 Å². The number of hydrogen-bond donors (Lipinski definition) is 2. The van der Waals surface area contributed by atoms with E-state index in [-0.39, 0.29) is 5.78 Å². The Morgan fingerprint density at radius 1 is 1.11 bits per heavy atom. The van der Waals surface area contributed by atoms with Crippen LogP contribution in [0.4, 0.5) is 5.69 Å². The van der Waals surface area contributed by atoms with Gasteiger partial charge < -0.3 is 4.57 Å². The number of halogens is 1. The van der Waals surface area contributed by atoms with Crippen molar-refractivity contribution < 1.29 is 13.6 Å². The van der Waals surface area contributed by atoms with Gasteiger partial charge in [0.15, 0.2) is 5.78 Å². The summed E-state index contributed by atoms with van der Waals surface area (Å²) in [5.41, 5.74) is 5.86. The van der Waals surface area contributed by atoms with Crippen molar-refractivity contribution in [3.63, 3.8) is 0 Å². The van der Waals surface area contributed by atoms with Gasteiger partial charge >= 0.3 is 0 Å². The molecule has 0 amide bonds. The van der Waals surface area contributed by atoms with Crippen LogP contribution < -0.4 is 4.72 Å². The quantitative estimate of drug-likeness (QED) is 0.414. The molecular formula is C21H21ClN2O3S. The number of Topliss-reactive ketones (excluding diaryl/α,β-unsaturated/α-hetero) is 1. The zero-order valence-electron chi connectivity index (χ0n) is 15.8. The van der Waals surface area contributed by atoms with E-state index in [1.165, 1.54) is 0 Å². The summed E-state index contributed by atoms with van der Waals surface area (Å²) in [4.78, 5) is 12.8. The Balaban J connectivity index is 2.19. The minimum Gasteiger partial charge on any atom is -0.340 e. The maximum Gasteiger partial charge on any atom is 0.259 e. The number of carbonyl (C=O) groups excluding carboxylic acids is 1. The van der Waals surface area contributed by atoms with Gasteiger partial charge in [0.2, 0.25) is 0 Å². The summed E-state index contributed by atoms with van der Waals surface area (Å²) in [5.74, 6) is 0.0551. The second kappa shape index (κ2) is 8.31. The van der Waals surface area contributed by atoms with Crippen molar-refractivity contribution >= 4 is 34.3 Å². The maximum atomic E-state index is 12.8. The fraction of sp³-hybridized carbons (Fsp3) is 0.190. The van der Waals surface area contributed by atoms with Crippen molar-refractivity contribution in [2.45, 2.75) is 20.3 Å². The molecule has 2 aromatic carbocycles. The second-order valence-electron chi connectivity index (χ2n) is 6.47. The number of ketones is 1. The van der Waals surface area contributed by atoms with Crippen molar-refractivity contribution in [1.29, 1.82) is 0 Å². The number of rotatable bonds is 6. The van der Waals surface area contributed by atoms with Crippen LogP contribution in [0.5, 0.6) is 0 Å². The van der Waals surface area contributed by atoms with Crippen LogP contribution in [0, 0.1) is 6.92 Å². The highest BCUT2D eigenvalue weighted by Crippen LogP contribution is 2.38. The molecule has 0 radical (unpaired) electrons. The lowest BCUT2D eigenvalue weighted by Gasteiger charge is -2.08. The van der Waals surface area contributed by atoms with Gasteiger partial charge in [-0.15, -0.1) is 0 Å². The number of nitrogens with zero attached hydrogens (tertiary/aromatic N) is 1. The molecule has 0 aliphatic rings. The summed E-state index contributed by atoms with van der Waals surface area (Å²) < 4.78 is 24.3. The molecule has 0 saturated heterocycles. The first kappa shape index (κ1) is 20.3. The van der Waals surface area contributed by atoms with Gasteiger partial charge in [-0.2, -0.15) is 0 Å². The second-order valence-corrected chi connectivity index (χ2v) is 7.61. The predicted octanol–water partition coefficient (Wildman–Crippen LogP) is 5.46. The zero-order valence-corrected chi connectivity index (χ0v) is 17.4. The molecule has 0 aliphatic carbocycles.